The molecule has 0 bridgehead atoms. The van der Waals surface area contributed by atoms with Crippen molar-refractivity contribution in [1.29, 1.82) is 0 Å². The van der Waals surface area contributed by atoms with Crippen LogP contribution in [0.3, 0.4) is 0 Å². The zero-order valence-corrected chi connectivity index (χ0v) is 25.7. The standard InChI is InChI=1S/C26H52Si4/c1-27(2)23-17-19-13-9-11-15-21(19)25(23)29(5,6)30(7,8)26-22-16-12-10-14-20(22)18-24(26)28(27,3)4/h19-26H,9-18H2,1-8H3. The molecular formula is C26H52Si4. The van der Waals surface area contributed by atoms with Gasteiger partial charge in [0.25, 0.3) is 0 Å². The number of hydrogen-bond acceptors (Lipinski definition) is 0. The summed E-state index contributed by atoms with van der Waals surface area (Å²) < 4.78 is 0. The Kier molecular flexibility index (Phi) is 5.42. The van der Waals surface area contributed by atoms with Gasteiger partial charge in [0, 0.05) is 30.4 Å². The third-order valence-corrected chi connectivity index (χ3v) is 55.0. The highest BCUT2D eigenvalue weighted by Crippen LogP contribution is 2.72. The zero-order chi connectivity index (χ0) is 21.7. The Hall–Kier alpha value is 0.868. The van der Waals surface area contributed by atoms with E-state index in [0.717, 1.165) is 23.7 Å². The average molecular weight is 477 g/mol. The highest BCUT2D eigenvalue weighted by atomic mass is 29.3. The smallest absolute Gasteiger partial charge is 0.0448 e. The molecule has 30 heavy (non-hydrogen) atoms. The molecule has 1 aliphatic heterocycles. The van der Waals surface area contributed by atoms with Crippen LogP contribution in [0.5, 0.6) is 0 Å². The first-order chi connectivity index (χ1) is 13.9. The van der Waals surface area contributed by atoms with Gasteiger partial charge in [-0.3, -0.25) is 0 Å². The molecule has 0 aromatic heterocycles. The van der Waals surface area contributed by atoms with Crippen molar-refractivity contribution >= 4 is 30.4 Å². The van der Waals surface area contributed by atoms with E-state index in [4.69, 9.17) is 0 Å². The molecule has 8 unspecified atom stereocenters. The molecule has 0 radical (unpaired) electrons. The molecule has 0 N–H and O–H groups in total. The fourth-order valence-corrected chi connectivity index (χ4v) is 46.1. The van der Waals surface area contributed by atoms with Crippen LogP contribution in [0.2, 0.25) is 74.5 Å². The summed E-state index contributed by atoms with van der Waals surface area (Å²) in [6.07, 6.45) is 16.1. The van der Waals surface area contributed by atoms with Crippen molar-refractivity contribution in [2.24, 2.45) is 23.7 Å². The maximum absolute atomic E-state index is 2.99. The predicted molar refractivity (Wildman–Crippen MR) is 145 cm³/mol. The van der Waals surface area contributed by atoms with Crippen molar-refractivity contribution in [2.75, 3.05) is 0 Å². The first-order valence-electron chi connectivity index (χ1n) is 13.9. The Morgan fingerprint density at radius 3 is 1.13 bits per heavy atom. The van der Waals surface area contributed by atoms with Crippen LogP contribution in [0.1, 0.15) is 64.2 Å². The molecular weight excluding hydrogens is 425 g/mol. The first kappa shape index (κ1) is 22.6. The molecule has 5 aliphatic rings. The van der Waals surface area contributed by atoms with Crippen LogP contribution in [0.25, 0.3) is 0 Å². The predicted octanol–water partition coefficient (Wildman–Crippen LogP) is 8.89. The molecule has 1 saturated heterocycles. The largest absolute Gasteiger partial charge is 0.0711 e. The molecule has 0 amide bonds. The molecule has 1 heterocycles. The van der Waals surface area contributed by atoms with Gasteiger partial charge in [-0.2, -0.15) is 0 Å². The van der Waals surface area contributed by atoms with Gasteiger partial charge in [0.2, 0.25) is 0 Å². The van der Waals surface area contributed by atoms with E-state index >= 15 is 0 Å². The monoisotopic (exact) mass is 476 g/mol. The summed E-state index contributed by atoms with van der Waals surface area (Å²) in [6.45, 7) is 23.8. The van der Waals surface area contributed by atoms with E-state index in [0.29, 0.717) is 0 Å². The highest BCUT2D eigenvalue weighted by molar-refractivity contribution is 7.46. The molecule has 0 aromatic rings. The van der Waals surface area contributed by atoms with Gasteiger partial charge in [0.1, 0.15) is 0 Å². The molecule has 0 spiro atoms. The van der Waals surface area contributed by atoms with E-state index in [-0.39, 0.29) is 0 Å². The summed E-state index contributed by atoms with van der Waals surface area (Å²) in [5, 5.41) is 0. The van der Waals surface area contributed by atoms with Crippen LogP contribution in [-0.2, 0) is 0 Å². The van der Waals surface area contributed by atoms with Crippen LogP contribution in [-0.4, -0.2) is 30.4 Å². The molecule has 4 saturated carbocycles. The lowest BCUT2D eigenvalue weighted by Gasteiger charge is -2.62. The Labute approximate surface area is 192 Å². The van der Waals surface area contributed by atoms with E-state index in [1.807, 2.05) is 0 Å². The topological polar surface area (TPSA) is 0 Å². The summed E-state index contributed by atoms with van der Waals surface area (Å²) in [6, 6.07) is 0. The van der Waals surface area contributed by atoms with Gasteiger partial charge >= 0.3 is 0 Å². The minimum absolute atomic E-state index is 1.14. The lowest BCUT2D eigenvalue weighted by Crippen LogP contribution is -2.71. The summed E-state index contributed by atoms with van der Waals surface area (Å²) in [7, 11) is -4.96. The van der Waals surface area contributed by atoms with Crippen molar-refractivity contribution in [2.45, 2.75) is 139 Å². The van der Waals surface area contributed by atoms with E-state index in [2.05, 4.69) is 52.4 Å². The Balaban J connectivity index is 1.67. The van der Waals surface area contributed by atoms with Gasteiger partial charge in [0.05, 0.1) is 0 Å². The second kappa shape index (κ2) is 7.18. The average Bonchev–Trinajstić information content (AvgIpc) is 3.27. The van der Waals surface area contributed by atoms with E-state index in [1.54, 1.807) is 64.2 Å². The van der Waals surface area contributed by atoms with Crippen molar-refractivity contribution < 1.29 is 0 Å². The van der Waals surface area contributed by atoms with Crippen LogP contribution in [0, 0.1) is 23.7 Å². The summed E-state index contributed by atoms with van der Waals surface area (Å²) in [5.74, 6) is 4.60. The molecule has 172 valence electrons. The lowest BCUT2D eigenvalue weighted by molar-refractivity contribution is 0.273. The highest BCUT2D eigenvalue weighted by Gasteiger charge is 2.70. The Bertz CT molecular complexity index is 623. The van der Waals surface area contributed by atoms with Crippen LogP contribution >= 0.6 is 0 Å². The van der Waals surface area contributed by atoms with Crippen LogP contribution in [0.4, 0.5) is 0 Å². The minimum Gasteiger partial charge on any atom is -0.0711 e. The third-order valence-electron chi connectivity index (χ3n) is 13.7. The minimum atomic E-state index is -1.26. The second-order valence-corrected chi connectivity index (χ2v) is 47.1. The fraction of sp³-hybridized carbons (Fsp3) is 1.00. The lowest BCUT2D eigenvalue weighted by atomic mass is 9.82. The number of hydrogen-bond donors (Lipinski definition) is 0. The van der Waals surface area contributed by atoms with Gasteiger partial charge in [-0.1, -0.05) is 104 Å². The summed E-state index contributed by atoms with van der Waals surface area (Å²) >= 11 is 0. The summed E-state index contributed by atoms with van der Waals surface area (Å²) in [5.41, 5.74) is 4.87. The quantitative estimate of drug-likeness (QED) is 0.306. The van der Waals surface area contributed by atoms with Crippen molar-refractivity contribution in [1.82, 2.24) is 0 Å². The van der Waals surface area contributed by atoms with Crippen molar-refractivity contribution in [3.8, 4) is 0 Å². The Morgan fingerprint density at radius 2 is 0.767 bits per heavy atom. The SMILES string of the molecule is C[Si]1(C)C2CC3CCCCC3C2[Si](C)(C)[Si](C)(C)C2C3CCCCC3CC2[Si]1(C)C. The van der Waals surface area contributed by atoms with Gasteiger partial charge < -0.3 is 0 Å². The van der Waals surface area contributed by atoms with E-state index < -0.39 is 30.4 Å². The normalized spacial score (nSPS) is 50.4. The maximum atomic E-state index is 2.99. The molecule has 0 aromatic carbocycles. The number of fused-ring (bicyclic) bond motifs is 6. The van der Waals surface area contributed by atoms with E-state index in [1.165, 1.54) is 22.2 Å². The molecule has 8 atom stereocenters. The molecule has 4 heteroatoms. The van der Waals surface area contributed by atoms with Gasteiger partial charge in [-0.05, 0) is 58.7 Å². The summed E-state index contributed by atoms with van der Waals surface area (Å²) in [4.78, 5) is 0. The fourth-order valence-electron chi connectivity index (χ4n) is 10.9. The molecule has 0 nitrogen and oxygen atoms in total. The van der Waals surface area contributed by atoms with Gasteiger partial charge in [-0.25, -0.2) is 0 Å². The first-order valence-corrected chi connectivity index (χ1v) is 28.2. The molecule has 4 aliphatic carbocycles. The second-order valence-electron chi connectivity index (χ2n) is 15.0. The van der Waals surface area contributed by atoms with Crippen molar-refractivity contribution in [3.63, 3.8) is 0 Å². The van der Waals surface area contributed by atoms with Gasteiger partial charge in [-0.15, -0.1) is 0 Å². The van der Waals surface area contributed by atoms with Crippen molar-refractivity contribution in [3.05, 3.63) is 0 Å². The van der Waals surface area contributed by atoms with Crippen LogP contribution in [0.15, 0.2) is 0 Å². The maximum Gasteiger partial charge on any atom is 0.0448 e. The molecule has 5 rings (SSSR count). The Morgan fingerprint density at radius 1 is 0.433 bits per heavy atom. The van der Waals surface area contributed by atoms with Gasteiger partial charge in [0.15, 0.2) is 0 Å². The third kappa shape index (κ3) is 2.84. The zero-order valence-electron chi connectivity index (χ0n) is 21.7. The van der Waals surface area contributed by atoms with E-state index in [9.17, 15) is 0 Å². The number of rotatable bonds is 0. The molecule has 5 fully saturated rings. The van der Waals surface area contributed by atoms with Crippen LogP contribution < -0.4 is 0 Å².